The first-order chi connectivity index (χ1) is 13.5. The van der Waals surface area contributed by atoms with E-state index in [1.54, 1.807) is 19.1 Å². The third-order valence-corrected chi connectivity index (χ3v) is 4.14. The average Bonchev–Trinajstić information content (AvgIpc) is 2.67. The zero-order chi connectivity index (χ0) is 20.3. The van der Waals surface area contributed by atoms with Gasteiger partial charge in [-0.2, -0.15) is 0 Å². The van der Waals surface area contributed by atoms with Gasteiger partial charge < -0.3 is 9.47 Å². The maximum Gasteiger partial charge on any atom is 0.336 e. The number of amides is 4. The molecule has 1 aromatic heterocycles. The van der Waals surface area contributed by atoms with E-state index in [1.165, 1.54) is 37.7 Å². The van der Waals surface area contributed by atoms with Crippen LogP contribution in [0.3, 0.4) is 0 Å². The van der Waals surface area contributed by atoms with E-state index in [1.807, 2.05) is 0 Å². The van der Waals surface area contributed by atoms with Crippen LogP contribution in [-0.2, 0) is 9.59 Å². The van der Waals surface area contributed by atoms with E-state index in [-0.39, 0.29) is 16.3 Å². The number of hydrogen-bond donors (Lipinski definition) is 1. The molecule has 1 N–H and O–H groups in total. The van der Waals surface area contributed by atoms with Crippen molar-refractivity contribution >= 4 is 41.2 Å². The lowest BCUT2D eigenvalue weighted by molar-refractivity contribution is -0.122. The molecule has 0 unspecified atom stereocenters. The number of halogens is 1. The molecule has 2 aromatic rings. The van der Waals surface area contributed by atoms with Crippen molar-refractivity contribution in [2.75, 3.05) is 18.6 Å². The van der Waals surface area contributed by atoms with Gasteiger partial charge in [0, 0.05) is 6.20 Å². The second kappa shape index (κ2) is 8.10. The predicted molar refractivity (Wildman–Crippen MR) is 102 cm³/mol. The molecular formula is C19H16ClN3O5. The molecule has 8 nitrogen and oxygen atoms in total. The summed E-state index contributed by atoms with van der Waals surface area (Å²) in [5.74, 6) is -0.865. The van der Waals surface area contributed by atoms with Crippen LogP contribution in [0.5, 0.6) is 11.5 Å². The number of nitrogens with one attached hydrogen (secondary N) is 1. The highest BCUT2D eigenvalue weighted by molar-refractivity contribution is 6.39. The first-order valence-corrected chi connectivity index (χ1v) is 8.65. The molecule has 0 atom stereocenters. The zero-order valence-electron chi connectivity index (χ0n) is 15.1. The van der Waals surface area contributed by atoms with Crippen LogP contribution in [0.15, 0.2) is 42.2 Å². The highest BCUT2D eigenvalue weighted by atomic mass is 35.5. The van der Waals surface area contributed by atoms with Gasteiger partial charge >= 0.3 is 6.03 Å². The Balaban J connectivity index is 2.03. The van der Waals surface area contributed by atoms with E-state index >= 15 is 0 Å². The standard InChI is InChI=1S/C19H16ClN3O5/c1-3-28-16-14(20)8-11(9-15(16)27-2)7-13-17(24)22-19(26)23(18(13)25)12-5-4-6-21-10-12/h4-10H,3H2,1-2H3,(H,22,24,26)/b13-7+. The fraction of sp³-hybridized carbons (Fsp3) is 0.158. The van der Waals surface area contributed by atoms with Crippen LogP contribution in [0.4, 0.5) is 10.5 Å². The van der Waals surface area contributed by atoms with Gasteiger partial charge in [-0.15, -0.1) is 0 Å². The predicted octanol–water partition coefficient (Wildman–Crippen LogP) is 2.81. The van der Waals surface area contributed by atoms with Crippen molar-refractivity contribution in [2.45, 2.75) is 6.92 Å². The quantitative estimate of drug-likeness (QED) is 0.611. The molecule has 4 amide bonds. The molecule has 1 fully saturated rings. The van der Waals surface area contributed by atoms with Crippen molar-refractivity contribution in [3.05, 3.63) is 52.8 Å². The first kappa shape index (κ1) is 19.4. The van der Waals surface area contributed by atoms with Gasteiger partial charge in [-0.3, -0.25) is 19.9 Å². The van der Waals surface area contributed by atoms with Crippen LogP contribution in [0.25, 0.3) is 6.08 Å². The molecule has 1 aromatic carbocycles. The SMILES string of the molecule is CCOc1c(Cl)cc(/C=C2\C(=O)NC(=O)N(c3cccnc3)C2=O)cc1OC. The molecular weight excluding hydrogens is 386 g/mol. The van der Waals surface area contributed by atoms with Crippen LogP contribution in [0.1, 0.15) is 12.5 Å². The maximum atomic E-state index is 12.8. The summed E-state index contributed by atoms with van der Waals surface area (Å²) in [6.45, 7) is 2.19. The van der Waals surface area contributed by atoms with Crippen LogP contribution < -0.4 is 19.7 Å². The number of nitrogens with zero attached hydrogens (tertiary/aromatic N) is 2. The van der Waals surface area contributed by atoms with Gasteiger partial charge in [-0.1, -0.05) is 11.6 Å². The minimum atomic E-state index is -0.845. The van der Waals surface area contributed by atoms with Crippen LogP contribution in [0, 0.1) is 0 Å². The molecule has 144 valence electrons. The van der Waals surface area contributed by atoms with Crippen LogP contribution in [-0.4, -0.2) is 36.5 Å². The highest BCUT2D eigenvalue weighted by Gasteiger charge is 2.37. The lowest BCUT2D eigenvalue weighted by Crippen LogP contribution is -2.54. The molecule has 1 aliphatic rings. The Morgan fingerprint density at radius 1 is 1.29 bits per heavy atom. The summed E-state index contributed by atoms with van der Waals surface area (Å²) in [6.07, 6.45) is 4.19. The number of urea groups is 1. The van der Waals surface area contributed by atoms with Crippen molar-refractivity contribution in [3.8, 4) is 11.5 Å². The largest absolute Gasteiger partial charge is 0.493 e. The number of anilines is 1. The monoisotopic (exact) mass is 401 g/mol. The summed E-state index contributed by atoms with van der Waals surface area (Å²) in [6, 6.07) is 5.38. The van der Waals surface area contributed by atoms with Gasteiger partial charge in [0.2, 0.25) is 0 Å². The number of barbiturate groups is 1. The number of aromatic nitrogens is 1. The second-order valence-electron chi connectivity index (χ2n) is 5.64. The molecule has 3 rings (SSSR count). The van der Waals surface area contributed by atoms with Gasteiger partial charge in [0.05, 0.1) is 30.6 Å². The molecule has 0 saturated carbocycles. The summed E-state index contributed by atoms with van der Waals surface area (Å²) in [5.41, 5.74) is 0.445. The normalized spacial score (nSPS) is 15.6. The number of rotatable bonds is 5. The van der Waals surface area contributed by atoms with E-state index in [2.05, 4.69) is 10.3 Å². The lowest BCUT2D eigenvalue weighted by atomic mass is 10.1. The Bertz CT molecular complexity index is 975. The molecule has 0 spiro atoms. The fourth-order valence-electron chi connectivity index (χ4n) is 2.65. The van der Waals surface area contributed by atoms with Crippen molar-refractivity contribution in [2.24, 2.45) is 0 Å². The average molecular weight is 402 g/mol. The summed E-state index contributed by atoms with van der Waals surface area (Å²) >= 11 is 6.24. The van der Waals surface area contributed by atoms with Crippen molar-refractivity contribution in [3.63, 3.8) is 0 Å². The summed E-state index contributed by atoms with van der Waals surface area (Å²) in [7, 11) is 1.45. The zero-order valence-corrected chi connectivity index (χ0v) is 15.8. The molecule has 0 aliphatic carbocycles. The number of pyridine rings is 1. The highest BCUT2D eigenvalue weighted by Crippen LogP contribution is 2.37. The molecule has 0 bridgehead atoms. The van der Waals surface area contributed by atoms with Gasteiger partial charge in [0.25, 0.3) is 11.8 Å². The van der Waals surface area contributed by atoms with Crippen LogP contribution >= 0.6 is 11.6 Å². The number of imide groups is 2. The van der Waals surface area contributed by atoms with E-state index in [9.17, 15) is 14.4 Å². The third kappa shape index (κ3) is 3.67. The van der Waals surface area contributed by atoms with Gasteiger partial charge in [0.1, 0.15) is 5.57 Å². The Hall–Kier alpha value is -3.39. The molecule has 9 heteroatoms. The minimum Gasteiger partial charge on any atom is -0.493 e. The first-order valence-electron chi connectivity index (χ1n) is 8.28. The van der Waals surface area contributed by atoms with Crippen molar-refractivity contribution < 1.29 is 23.9 Å². The molecule has 2 heterocycles. The maximum absolute atomic E-state index is 12.8. The van der Waals surface area contributed by atoms with E-state index in [0.29, 0.717) is 23.7 Å². The summed E-state index contributed by atoms with van der Waals surface area (Å²) < 4.78 is 10.7. The Kier molecular flexibility index (Phi) is 5.60. The van der Waals surface area contributed by atoms with E-state index in [4.69, 9.17) is 21.1 Å². The second-order valence-corrected chi connectivity index (χ2v) is 6.04. The van der Waals surface area contributed by atoms with Crippen molar-refractivity contribution in [1.82, 2.24) is 10.3 Å². The molecule has 1 saturated heterocycles. The lowest BCUT2D eigenvalue weighted by Gasteiger charge is -2.26. The fourth-order valence-corrected chi connectivity index (χ4v) is 2.93. The number of benzene rings is 1. The summed E-state index contributed by atoms with van der Waals surface area (Å²) in [5, 5.41) is 2.41. The number of ether oxygens (including phenoxy) is 2. The number of carbonyl (C=O) groups excluding carboxylic acids is 3. The molecule has 28 heavy (non-hydrogen) atoms. The van der Waals surface area contributed by atoms with Crippen molar-refractivity contribution in [1.29, 1.82) is 0 Å². The van der Waals surface area contributed by atoms with Crippen LogP contribution in [0.2, 0.25) is 5.02 Å². The minimum absolute atomic E-state index is 0.231. The van der Waals surface area contributed by atoms with Gasteiger partial charge in [-0.25, -0.2) is 9.69 Å². The third-order valence-electron chi connectivity index (χ3n) is 3.86. The summed E-state index contributed by atoms with van der Waals surface area (Å²) in [4.78, 5) is 42.0. The Labute approximate surface area is 165 Å². The smallest absolute Gasteiger partial charge is 0.336 e. The van der Waals surface area contributed by atoms with E-state index in [0.717, 1.165) is 4.90 Å². The topological polar surface area (TPSA) is 97.8 Å². The van der Waals surface area contributed by atoms with Gasteiger partial charge in [-0.05, 0) is 42.8 Å². The van der Waals surface area contributed by atoms with E-state index < -0.39 is 17.8 Å². The Morgan fingerprint density at radius 3 is 2.71 bits per heavy atom. The Morgan fingerprint density at radius 2 is 2.07 bits per heavy atom. The molecule has 1 aliphatic heterocycles. The number of hydrogen-bond acceptors (Lipinski definition) is 6. The van der Waals surface area contributed by atoms with Gasteiger partial charge in [0.15, 0.2) is 11.5 Å². The number of methoxy groups -OCH3 is 1. The number of carbonyl (C=O) groups is 3. The molecule has 0 radical (unpaired) electrons.